The maximum absolute atomic E-state index is 14.7. The quantitative estimate of drug-likeness (QED) is 0.113. The van der Waals surface area contributed by atoms with E-state index in [1.165, 1.54) is 37.3 Å². The normalized spacial score (nSPS) is 11.7. The van der Waals surface area contributed by atoms with Crippen molar-refractivity contribution in [1.82, 2.24) is 10.2 Å². The highest BCUT2D eigenvalue weighted by Crippen LogP contribution is 2.33. The molecule has 1 unspecified atom stereocenters. The van der Waals surface area contributed by atoms with E-state index < -0.39 is 28.5 Å². The number of carbonyl (C=O) groups is 2. The fourth-order valence-corrected chi connectivity index (χ4v) is 7.28. The Kier molecular flexibility index (Phi) is 14.1. The Labute approximate surface area is 303 Å². The highest BCUT2D eigenvalue weighted by molar-refractivity contribution is 9.10. The highest BCUT2D eigenvalue weighted by Gasteiger charge is 2.35. The summed E-state index contributed by atoms with van der Waals surface area (Å²) >= 11 is 3.51. The molecule has 0 fully saturated rings. The second-order valence-electron chi connectivity index (χ2n) is 11.5. The van der Waals surface area contributed by atoms with Gasteiger partial charge in [0.25, 0.3) is 10.0 Å². The lowest BCUT2D eigenvalue weighted by Gasteiger charge is -2.34. The lowest BCUT2D eigenvalue weighted by atomic mass is 10.0. The Morgan fingerprint density at radius 1 is 0.840 bits per heavy atom. The summed E-state index contributed by atoms with van der Waals surface area (Å²) in [6, 6.07) is 26.7. The number of carbonyl (C=O) groups excluding carboxylic acids is 2. The summed E-state index contributed by atoms with van der Waals surface area (Å²) < 4.78 is 47.2. The molecular formula is C38H44BrN3O7S. The van der Waals surface area contributed by atoms with E-state index in [0.29, 0.717) is 24.7 Å². The number of anilines is 1. The zero-order chi connectivity index (χ0) is 36.1. The number of hydrogen-bond donors (Lipinski definition) is 1. The van der Waals surface area contributed by atoms with Gasteiger partial charge in [0.1, 0.15) is 18.3 Å². The molecule has 266 valence electrons. The van der Waals surface area contributed by atoms with Crippen molar-refractivity contribution in [3.05, 3.63) is 113 Å². The summed E-state index contributed by atoms with van der Waals surface area (Å²) in [6.45, 7) is 4.23. The Morgan fingerprint density at radius 3 is 2.18 bits per heavy atom. The summed E-state index contributed by atoms with van der Waals surface area (Å²) in [5.74, 6) is 0.243. The molecule has 4 rings (SSSR count). The first-order valence-electron chi connectivity index (χ1n) is 16.4. The third kappa shape index (κ3) is 10.0. The molecule has 0 saturated heterocycles. The van der Waals surface area contributed by atoms with Crippen LogP contribution in [0.3, 0.4) is 0 Å². The van der Waals surface area contributed by atoms with E-state index in [4.69, 9.17) is 14.2 Å². The molecular weight excluding hydrogens is 722 g/mol. The molecule has 12 heteroatoms. The zero-order valence-corrected chi connectivity index (χ0v) is 31.2. The molecule has 1 N–H and O–H groups in total. The van der Waals surface area contributed by atoms with Crippen LogP contribution in [0.1, 0.15) is 37.8 Å². The van der Waals surface area contributed by atoms with Crippen LogP contribution in [0.2, 0.25) is 0 Å². The standard InChI is InChI=1S/C38H44BrN3O7S/c1-5-7-22-40-38(44)34(24-28-12-9-8-10-13-28)41(26-29-14-11-15-30(39)23-29)37(43)27-42(31-16-18-32(19-17-31)49-6-2)50(45,46)33-20-21-35(47-3)36(25-33)48-4/h8-21,23,25,34H,5-7,22,24,26-27H2,1-4H3,(H,40,44). The predicted octanol–water partition coefficient (Wildman–Crippen LogP) is 6.62. The van der Waals surface area contributed by atoms with Crippen molar-refractivity contribution >= 4 is 43.5 Å². The molecule has 50 heavy (non-hydrogen) atoms. The lowest BCUT2D eigenvalue weighted by molar-refractivity contribution is -0.140. The molecule has 0 radical (unpaired) electrons. The van der Waals surface area contributed by atoms with Crippen molar-refractivity contribution in [3.63, 3.8) is 0 Å². The first-order valence-corrected chi connectivity index (χ1v) is 18.7. The summed E-state index contributed by atoms with van der Waals surface area (Å²) in [7, 11) is -1.49. The molecule has 0 aliphatic heterocycles. The number of nitrogens with zero attached hydrogens (tertiary/aromatic N) is 2. The Bertz CT molecular complexity index is 1820. The van der Waals surface area contributed by atoms with E-state index >= 15 is 0 Å². The van der Waals surface area contributed by atoms with Crippen LogP contribution in [0.25, 0.3) is 0 Å². The van der Waals surface area contributed by atoms with Crippen LogP contribution >= 0.6 is 15.9 Å². The number of ether oxygens (including phenoxy) is 3. The van der Waals surface area contributed by atoms with E-state index in [-0.39, 0.29) is 35.2 Å². The van der Waals surface area contributed by atoms with Gasteiger partial charge in [-0.15, -0.1) is 0 Å². The van der Waals surface area contributed by atoms with Gasteiger partial charge in [-0.25, -0.2) is 8.42 Å². The molecule has 0 aliphatic carbocycles. The smallest absolute Gasteiger partial charge is 0.264 e. The minimum atomic E-state index is -4.37. The number of unbranched alkanes of at least 4 members (excludes halogenated alkanes) is 1. The van der Waals surface area contributed by atoms with E-state index in [9.17, 15) is 18.0 Å². The van der Waals surface area contributed by atoms with Crippen LogP contribution in [0, 0.1) is 0 Å². The summed E-state index contributed by atoms with van der Waals surface area (Å²) in [5, 5.41) is 3.01. The van der Waals surface area contributed by atoms with Gasteiger partial charge in [-0.2, -0.15) is 0 Å². The summed E-state index contributed by atoms with van der Waals surface area (Å²) in [4.78, 5) is 30.0. The number of sulfonamides is 1. The van der Waals surface area contributed by atoms with Gasteiger partial charge in [-0.3, -0.25) is 13.9 Å². The third-order valence-electron chi connectivity index (χ3n) is 8.00. The van der Waals surface area contributed by atoms with Gasteiger partial charge in [0.15, 0.2) is 11.5 Å². The van der Waals surface area contributed by atoms with Crippen LogP contribution < -0.4 is 23.8 Å². The number of hydrogen-bond acceptors (Lipinski definition) is 7. The van der Waals surface area contributed by atoms with Gasteiger partial charge in [0.05, 0.1) is 31.4 Å². The maximum atomic E-state index is 14.7. The molecule has 0 aliphatic rings. The number of methoxy groups -OCH3 is 2. The van der Waals surface area contributed by atoms with Crippen molar-refractivity contribution in [2.24, 2.45) is 0 Å². The fourth-order valence-electron chi connectivity index (χ4n) is 5.40. The molecule has 10 nitrogen and oxygen atoms in total. The molecule has 4 aromatic rings. The molecule has 0 heterocycles. The maximum Gasteiger partial charge on any atom is 0.264 e. The molecule has 0 bridgehead atoms. The van der Waals surface area contributed by atoms with Gasteiger partial charge >= 0.3 is 0 Å². The molecule has 0 aromatic heterocycles. The van der Waals surface area contributed by atoms with Gasteiger partial charge in [0.2, 0.25) is 11.8 Å². The Balaban J connectivity index is 1.82. The van der Waals surface area contributed by atoms with Crippen molar-refractivity contribution < 1.29 is 32.2 Å². The molecule has 0 spiro atoms. The van der Waals surface area contributed by atoms with Crippen LogP contribution in [0.5, 0.6) is 17.2 Å². The monoisotopic (exact) mass is 765 g/mol. The molecule has 4 aromatic carbocycles. The largest absolute Gasteiger partial charge is 0.494 e. The fraction of sp³-hybridized carbons (Fsp3) is 0.316. The Hall–Kier alpha value is -4.55. The van der Waals surface area contributed by atoms with Gasteiger partial charge in [-0.05, 0) is 73.0 Å². The van der Waals surface area contributed by atoms with Crippen LogP contribution in [0.15, 0.2) is 106 Å². The topological polar surface area (TPSA) is 114 Å². The van der Waals surface area contributed by atoms with Crippen molar-refractivity contribution in [2.45, 2.75) is 50.6 Å². The molecule has 2 amide bonds. The van der Waals surface area contributed by atoms with Crippen molar-refractivity contribution in [1.29, 1.82) is 0 Å². The zero-order valence-electron chi connectivity index (χ0n) is 28.8. The second kappa shape index (κ2) is 18.4. The number of benzene rings is 4. The first kappa shape index (κ1) is 38.3. The van der Waals surface area contributed by atoms with Crippen molar-refractivity contribution in [3.8, 4) is 17.2 Å². The second-order valence-corrected chi connectivity index (χ2v) is 14.2. The summed E-state index contributed by atoms with van der Waals surface area (Å²) in [6.07, 6.45) is 1.89. The molecule has 0 saturated carbocycles. The number of halogens is 1. The van der Waals surface area contributed by atoms with E-state index in [1.54, 1.807) is 24.3 Å². The van der Waals surface area contributed by atoms with Gasteiger partial charge in [0, 0.05) is 30.0 Å². The average Bonchev–Trinajstić information content (AvgIpc) is 3.12. The Morgan fingerprint density at radius 2 is 1.54 bits per heavy atom. The first-order chi connectivity index (χ1) is 24.1. The van der Waals surface area contributed by atoms with Crippen LogP contribution in [0.4, 0.5) is 5.69 Å². The van der Waals surface area contributed by atoms with E-state index in [2.05, 4.69) is 21.2 Å². The average molecular weight is 767 g/mol. The van der Waals surface area contributed by atoms with E-state index in [0.717, 1.165) is 32.7 Å². The van der Waals surface area contributed by atoms with E-state index in [1.807, 2.05) is 68.4 Å². The highest BCUT2D eigenvalue weighted by atomic mass is 79.9. The lowest BCUT2D eigenvalue weighted by Crippen LogP contribution is -2.53. The van der Waals surface area contributed by atoms with Gasteiger partial charge < -0.3 is 24.4 Å². The minimum absolute atomic E-state index is 0.0600. The third-order valence-corrected chi connectivity index (χ3v) is 10.3. The molecule has 1 atom stereocenters. The number of rotatable bonds is 18. The number of amides is 2. The van der Waals surface area contributed by atoms with Crippen molar-refractivity contribution in [2.75, 3.05) is 38.2 Å². The SMILES string of the molecule is CCCCNC(=O)C(Cc1ccccc1)N(Cc1cccc(Br)c1)C(=O)CN(c1ccc(OCC)cc1)S(=O)(=O)c1ccc(OC)c(OC)c1. The summed E-state index contributed by atoms with van der Waals surface area (Å²) in [5.41, 5.74) is 1.87. The van der Waals surface area contributed by atoms with Gasteiger partial charge in [-0.1, -0.05) is 71.7 Å². The minimum Gasteiger partial charge on any atom is -0.494 e. The van der Waals surface area contributed by atoms with Crippen LogP contribution in [-0.2, 0) is 32.6 Å². The van der Waals surface area contributed by atoms with Crippen LogP contribution in [-0.4, -0.2) is 65.1 Å². The number of nitrogens with one attached hydrogen (secondary N) is 1. The predicted molar refractivity (Wildman–Crippen MR) is 198 cm³/mol.